The lowest BCUT2D eigenvalue weighted by atomic mass is 10.1. The molecule has 4 heteroatoms. The predicted octanol–water partition coefficient (Wildman–Crippen LogP) is 2.25. The zero-order valence-electron chi connectivity index (χ0n) is 12.8. The highest BCUT2D eigenvalue weighted by molar-refractivity contribution is 5.50. The summed E-state index contributed by atoms with van der Waals surface area (Å²) in [6, 6.07) is 6.12. The second kappa shape index (κ2) is 6.55. The van der Waals surface area contributed by atoms with Crippen molar-refractivity contribution in [2.24, 2.45) is 5.73 Å². The second-order valence-electron chi connectivity index (χ2n) is 5.96. The van der Waals surface area contributed by atoms with Gasteiger partial charge in [0.2, 0.25) is 0 Å². The SMILES string of the molecule is CCC1CN(c2ccc(CC(C)N)cc2F)CCN1C. The fraction of sp³-hybridized carbons (Fsp3) is 0.625. The summed E-state index contributed by atoms with van der Waals surface area (Å²) in [6.07, 6.45) is 1.81. The Morgan fingerprint density at radius 1 is 1.40 bits per heavy atom. The lowest BCUT2D eigenvalue weighted by molar-refractivity contribution is 0.213. The second-order valence-corrected chi connectivity index (χ2v) is 5.96. The van der Waals surface area contributed by atoms with E-state index in [-0.39, 0.29) is 11.9 Å². The fourth-order valence-electron chi connectivity index (χ4n) is 2.91. The maximum absolute atomic E-state index is 14.3. The number of hydrogen-bond acceptors (Lipinski definition) is 3. The van der Waals surface area contributed by atoms with Crippen LogP contribution >= 0.6 is 0 Å². The van der Waals surface area contributed by atoms with Gasteiger partial charge in [0, 0.05) is 31.7 Å². The van der Waals surface area contributed by atoms with Crippen LogP contribution in [0, 0.1) is 5.82 Å². The van der Waals surface area contributed by atoms with E-state index in [0.717, 1.165) is 43.7 Å². The Balaban J connectivity index is 2.12. The van der Waals surface area contributed by atoms with Crippen molar-refractivity contribution in [2.75, 3.05) is 31.6 Å². The normalized spacial score (nSPS) is 22.1. The summed E-state index contributed by atoms with van der Waals surface area (Å²) < 4.78 is 14.3. The van der Waals surface area contributed by atoms with E-state index in [1.807, 2.05) is 19.1 Å². The summed E-state index contributed by atoms with van der Waals surface area (Å²) in [6.45, 7) is 6.90. The van der Waals surface area contributed by atoms with Crippen LogP contribution in [0.1, 0.15) is 25.8 Å². The minimum atomic E-state index is -0.123. The molecule has 1 aromatic rings. The first kappa shape index (κ1) is 15.3. The molecule has 1 heterocycles. The van der Waals surface area contributed by atoms with Crippen LogP contribution < -0.4 is 10.6 Å². The number of likely N-dealkylation sites (N-methyl/N-ethyl adjacent to an activating group) is 1. The number of nitrogens with two attached hydrogens (primary N) is 1. The van der Waals surface area contributed by atoms with Crippen molar-refractivity contribution in [2.45, 2.75) is 38.8 Å². The highest BCUT2D eigenvalue weighted by atomic mass is 19.1. The average molecular weight is 279 g/mol. The van der Waals surface area contributed by atoms with Crippen molar-refractivity contribution in [1.82, 2.24) is 4.90 Å². The van der Waals surface area contributed by atoms with Gasteiger partial charge >= 0.3 is 0 Å². The molecule has 1 aromatic carbocycles. The lowest BCUT2D eigenvalue weighted by Crippen LogP contribution is -2.51. The smallest absolute Gasteiger partial charge is 0.146 e. The molecule has 20 heavy (non-hydrogen) atoms. The monoisotopic (exact) mass is 279 g/mol. The first-order valence-electron chi connectivity index (χ1n) is 7.50. The van der Waals surface area contributed by atoms with Crippen molar-refractivity contribution < 1.29 is 4.39 Å². The number of anilines is 1. The molecule has 1 aliphatic heterocycles. The van der Waals surface area contributed by atoms with Crippen LogP contribution in [0.25, 0.3) is 0 Å². The van der Waals surface area contributed by atoms with Gasteiger partial charge in [0.15, 0.2) is 0 Å². The molecule has 3 nitrogen and oxygen atoms in total. The molecule has 0 bridgehead atoms. The quantitative estimate of drug-likeness (QED) is 0.917. The van der Waals surface area contributed by atoms with E-state index in [2.05, 4.69) is 23.8 Å². The van der Waals surface area contributed by atoms with Gasteiger partial charge < -0.3 is 10.6 Å². The van der Waals surface area contributed by atoms with Gasteiger partial charge in [0.05, 0.1) is 5.69 Å². The van der Waals surface area contributed by atoms with Crippen LogP contribution in [-0.2, 0) is 6.42 Å². The fourth-order valence-corrected chi connectivity index (χ4v) is 2.91. The average Bonchev–Trinajstić information content (AvgIpc) is 2.39. The van der Waals surface area contributed by atoms with E-state index in [4.69, 9.17) is 5.73 Å². The van der Waals surface area contributed by atoms with E-state index in [1.54, 1.807) is 6.07 Å². The molecular weight excluding hydrogens is 253 g/mol. The summed E-state index contributed by atoms with van der Waals surface area (Å²) in [5.41, 5.74) is 7.47. The molecule has 0 saturated carbocycles. The first-order chi connectivity index (χ1) is 9.51. The Labute approximate surface area is 121 Å². The van der Waals surface area contributed by atoms with Crippen molar-refractivity contribution in [1.29, 1.82) is 0 Å². The molecule has 0 spiro atoms. The summed E-state index contributed by atoms with van der Waals surface area (Å²) in [4.78, 5) is 4.53. The minimum absolute atomic E-state index is 0.0633. The molecule has 0 aliphatic carbocycles. The summed E-state index contributed by atoms with van der Waals surface area (Å²) in [7, 11) is 2.15. The Kier molecular flexibility index (Phi) is 5.00. The number of benzene rings is 1. The predicted molar refractivity (Wildman–Crippen MR) is 82.7 cm³/mol. The number of rotatable bonds is 4. The molecule has 2 N–H and O–H groups in total. The Hall–Kier alpha value is -1.13. The molecular formula is C16H26FN3. The maximum Gasteiger partial charge on any atom is 0.146 e. The van der Waals surface area contributed by atoms with E-state index < -0.39 is 0 Å². The minimum Gasteiger partial charge on any atom is -0.366 e. The third kappa shape index (κ3) is 3.49. The lowest BCUT2D eigenvalue weighted by Gasteiger charge is -2.40. The molecule has 1 aliphatic rings. The number of hydrogen-bond donors (Lipinski definition) is 1. The van der Waals surface area contributed by atoms with Gasteiger partial charge in [-0.2, -0.15) is 0 Å². The van der Waals surface area contributed by atoms with Crippen molar-refractivity contribution in [3.63, 3.8) is 0 Å². The molecule has 2 rings (SSSR count). The third-order valence-corrected chi connectivity index (χ3v) is 4.16. The number of nitrogens with zero attached hydrogens (tertiary/aromatic N) is 2. The Morgan fingerprint density at radius 3 is 2.75 bits per heavy atom. The zero-order chi connectivity index (χ0) is 14.7. The highest BCUT2D eigenvalue weighted by Crippen LogP contribution is 2.24. The summed E-state index contributed by atoms with van der Waals surface area (Å²) >= 11 is 0. The molecule has 112 valence electrons. The van der Waals surface area contributed by atoms with E-state index in [0.29, 0.717) is 6.04 Å². The zero-order valence-corrected chi connectivity index (χ0v) is 12.8. The standard InChI is InChI=1S/C16H26FN3/c1-4-14-11-20(8-7-19(14)3)16-6-5-13(9-12(2)18)10-15(16)17/h5-6,10,12,14H,4,7-9,11,18H2,1-3H3. The molecule has 0 aromatic heterocycles. The largest absolute Gasteiger partial charge is 0.366 e. The summed E-state index contributed by atoms with van der Waals surface area (Å²) in [5, 5.41) is 0. The van der Waals surface area contributed by atoms with Gasteiger partial charge in [0.1, 0.15) is 5.82 Å². The van der Waals surface area contributed by atoms with Crippen LogP contribution in [-0.4, -0.2) is 43.7 Å². The van der Waals surface area contributed by atoms with Crippen LogP contribution in [0.4, 0.5) is 10.1 Å². The number of piperazine rings is 1. The van der Waals surface area contributed by atoms with Gasteiger partial charge in [0.25, 0.3) is 0 Å². The first-order valence-corrected chi connectivity index (χ1v) is 7.50. The van der Waals surface area contributed by atoms with Crippen LogP contribution in [0.15, 0.2) is 18.2 Å². The third-order valence-electron chi connectivity index (χ3n) is 4.16. The molecule has 1 saturated heterocycles. The van der Waals surface area contributed by atoms with Crippen LogP contribution in [0.5, 0.6) is 0 Å². The van der Waals surface area contributed by atoms with Crippen LogP contribution in [0.2, 0.25) is 0 Å². The van der Waals surface area contributed by atoms with Gasteiger partial charge in [-0.1, -0.05) is 13.0 Å². The Bertz CT molecular complexity index is 447. The summed E-state index contributed by atoms with van der Waals surface area (Å²) in [5.74, 6) is -0.123. The Morgan fingerprint density at radius 2 is 2.15 bits per heavy atom. The molecule has 2 atom stereocenters. The van der Waals surface area contributed by atoms with Gasteiger partial charge in [-0.3, -0.25) is 4.90 Å². The van der Waals surface area contributed by atoms with E-state index in [1.165, 1.54) is 0 Å². The van der Waals surface area contributed by atoms with Crippen molar-refractivity contribution in [3.8, 4) is 0 Å². The molecule has 2 unspecified atom stereocenters. The molecule has 0 radical (unpaired) electrons. The van der Waals surface area contributed by atoms with Crippen molar-refractivity contribution >= 4 is 5.69 Å². The van der Waals surface area contributed by atoms with Gasteiger partial charge in [-0.15, -0.1) is 0 Å². The highest BCUT2D eigenvalue weighted by Gasteiger charge is 2.24. The molecule has 1 fully saturated rings. The van der Waals surface area contributed by atoms with Gasteiger partial charge in [-0.25, -0.2) is 4.39 Å². The number of halogens is 1. The van der Waals surface area contributed by atoms with E-state index in [9.17, 15) is 4.39 Å². The van der Waals surface area contributed by atoms with Crippen LogP contribution in [0.3, 0.4) is 0 Å². The topological polar surface area (TPSA) is 32.5 Å². The van der Waals surface area contributed by atoms with Crippen molar-refractivity contribution in [3.05, 3.63) is 29.6 Å². The maximum atomic E-state index is 14.3. The molecule has 0 amide bonds. The van der Waals surface area contributed by atoms with Gasteiger partial charge in [-0.05, 0) is 44.5 Å². The van der Waals surface area contributed by atoms with E-state index >= 15 is 0 Å².